The molecule has 1 saturated heterocycles. The van der Waals surface area contributed by atoms with Gasteiger partial charge in [-0.1, -0.05) is 0 Å². The van der Waals surface area contributed by atoms with E-state index in [1.165, 1.54) is 4.68 Å². The zero-order valence-electron chi connectivity index (χ0n) is 7.63. The first-order valence-corrected chi connectivity index (χ1v) is 4.40. The third kappa shape index (κ3) is 1.69. The van der Waals surface area contributed by atoms with Crippen LogP contribution in [-0.2, 0) is 11.3 Å². The Kier molecular flexibility index (Phi) is 2.12. The van der Waals surface area contributed by atoms with Crippen molar-refractivity contribution in [2.24, 2.45) is 0 Å². The molecule has 0 aromatic carbocycles. The Morgan fingerprint density at radius 1 is 1.71 bits per heavy atom. The first kappa shape index (κ1) is 9.01. The number of anilines is 1. The van der Waals surface area contributed by atoms with E-state index in [4.69, 9.17) is 10.8 Å². The second-order valence-electron chi connectivity index (χ2n) is 3.39. The summed E-state index contributed by atoms with van der Waals surface area (Å²) < 4.78 is 1.49. The summed E-state index contributed by atoms with van der Waals surface area (Å²) >= 11 is 0. The molecule has 1 aliphatic heterocycles. The van der Waals surface area contributed by atoms with Crippen molar-refractivity contribution in [2.75, 3.05) is 18.8 Å². The molecule has 3 N–H and O–H groups in total. The maximum Gasteiger partial charge on any atom is 0.244 e. The predicted molar refractivity (Wildman–Crippen MR) is 49.2 cm³/mol. The summed E-state index contributed by atoms with van der Waals surface area (Å²) in [6.45, 7) is 1.04. The highest BCUT2D eigenvalue weighted by Crippen LogP contribution is 2.08. The molecule has 1 aromatic heterocycles. The van der Waals surface area contributed by atoms with Crippen LogP contribution in [0.3, 0.4) is 0 Å². The summed E-state index contributed by atoms with van der Waals surface area (Å²) in [5.41, 5.74) is 5.40. The standard InChI is InChI=1S/C8H12N4O2/c9-7-1-2-12(10-7)5-8(14)11-3-6(13)4-11/h1-2,6,13H,3-5H2,(H2,9,10). The van der Waals surface area contributed by atoms with Gasteiger partial charge in [0.05, 0.1) is 6.10 Å². The van der Waals surface area contributed by atoms with Crippen molar-refractivity contribution in [3.63, 3.8) is 0 Å². The van der Waals surface area contributed by atoms with Gasteiger partial charge < -0.3 is 15.7 Å². The van der Waals surface area contributed by atoms with Gasteiger partial charge in [-0.3, -0.25) is 9.48 Å². The van der Waals surface area contributed by atoms with E-state index in [2.05, 4.69) is 5.10 Å². The molecule has 0 atom stereocenters. The zero-order chi connectivity index (χ0) is 10.1. The van der Waals surface area contributed by atoms with Crippen LogP contribution < -0.4 is 5.73 Å². The van der Waals surface area contributed by atoms with Crippen LogP contribution in [0.25, 0.3) is 0 Å². The monoisotopic (exact) mass is 196 g/mol. The lowest BCUT2D eigenvalue weighted by molar-refractivity contribution is -0.142. The highest BCUT2D eigenvalue weighted by molar-refractivity contribution is 5.76. The molecule has 14 heavy (non-hydrogen) atoms. The number of hydrogen-bond donors (Lipinski definition) is 2. The largest absolute Gasteiger partial charge is 0.389 e. The minimum Gasteiger partial charge on any atom is -0.389 e. The van der Waals surface area contributed by atoms with Crippen LogP contribution in [0.15, 0.2) is 12.3 Å². The second kappa shape index (κ2) is 3.30. The third-order valence-electron chi connectivity index (χ3n) is 2.17. The minimum absolute atomic E-state index is 0.0431. The van der Waals surface area contributed by atoms with Crippen molar-refractivity contribution in [1.82, 2.24) is 14.7 Å². The highest BCUT2D eigenvalue weighted by Gasteiger charge is 2.28. The van der Waals surface area contributed by atoms with Crippen molar-refractivity contribution < 1.29 is 9.90 Å². The average Bonchev–Trinajstić information content (AvgIpc) is 2.45. The highest BCUT2D eigenvalue weighted by atomic mass is 16.3. The number of nitrogens with zero attached hydrogens (tertiary/aromatic N) is 3. The first-order chi connectivity index (χ1) is 6.65. The van der Waals surface area contributed by atoms with E-state index in [-0.39, 0.29) is 18.6 Å². The van der Waals surface area contributed by atoms with E-state index < -0.39 is 0 Å². The number of aromatic nitrogens is 2. The number of hydrogen-bond acceptors (Lipinski definition) is 4. The van der Waals surface area contributed by atoms with Gasteiger partial charge in [0, 0.05) is 19.3 Å². The predicted octanol–water partition coefficient (Wildman–Crippen LogP) is -1.33. The summed E-state index contributed by atoms with van der Waals surface area (Å²) in [5.74, 6) is 0.361. The molecule has 2 rings (SSSR count). The fraction of sp³-hybridized carbons (Fsp3) is 0.500. The second-order valence-corrected chi connectivity index (χ2v) is 3.39. The number of β-amino-alcohol motifs (C(OH)–C–C–N with tert-alkyl or cyclic N) is 1. The maximum absolute atomic E-state index is 11.5. The summed E-state index contributed by atoms with van der Waals surface area (Å²) in [4.78, 5) is 13.0. The van der Waals surface area contributed by atoms with E-state index in [0.717, 1.165) is 0 Å². The van der Waals surface area contributed by atoms with Crippen LogP contribution in [-0.4, -0.2) is 44.9 Å². The fourth-order valence-electron chi connectivity index (χ4n) is 1.36. The number of amides is 1. The number of nitrogens with two attached hydrogens (primary N) is 1. The number of aliphatic hydroxyl groups is 1. The Morgan fingerprint density at radius 2 is 2.43 bits per heavy atom. The van der Waals surface area contributed by atoms with Crippen LogP contribution >= 0.6 is 0 Å². The molecule has 76 valence electrons. The molecule has 6 nitrogen and oxygen atoms in total. The van der Waals surface area contributed by atoms with Crippen LogP contribution in [0.2, 0.25) is 0 Å². The average molecular weight is 196 g/mol. The molecule has 6 heteroatoms. The van der Waals surface area contributed by atoms with Crippen molar-refractivity contribution in [1.29, 1.82) is 0 Å². The van der Waals surface area contributed by atoms with Gasteiger partial charge in [0.15, 0.2) is 0 Å². The maximum atomic E-state index is 11.5. The first-order valence-electron chi connectivity index (χ1n) is 4.40. The quantitative estimate of drug-likeness (QED) is 0.613. The van der Waals surface area contributed by atoms with Crippen LogP contribution in [0.1, 0.15) is 0 Å². The van der Waals surface area contributed by atoms with Gasteiger partial charge in [0.25, 0.3) is 0 Å². The molecule has 1 aliphatic rings. The van der Waals surface area contributed by atoms with Gasteiger partial charge in [0.1, 0.15) is 12.4 Å². The molecule has 0 unspecified atom stereocenters. The molecule has 0 saturated carbocycles. The topological polar surface area (TPSA) is 84.4 Å². The Hall–Kier alpha value is -1.56. The van der Waals surface area contributed by atoms with Crippen molar-refractivity contribution in [2.45, 2.75) is 12.6 Å². The van der Waals surface area contributed by atoms with E-state index in [1.54, 1.807) is 17.2 Å². The lowest BCUT2D eigenvalue weighted by atomic mass is 10.2. The number of likely N-dealkylation sites (tertiary alicyclic amines) is 1. The van der Waals surface area contributed by atoms with E-state index >= 15 is 0 Å². The van der Waals surface area contributed by atoms with Gasteiger partial charge in [-0.2, -0.15) is 5.10 Å². The van der Waals surface area contributed by atoms with Crippen molar-refractivity contribution in [3.8, 4) is 0 Å². The Labute approximate surface area is 80.9 Å². The molecule has 0 bridgehead atoms. The van der Waals surface area contributed by atoms with E-state index in [9.17, 15) is 4.79 Å². The molecule has 0 aliphatic carbocycles. The van der Waals surface area contributed by atoms with Gasteiger partial charge in [-0.25, -0.2) is 0 Å². The Bertz CT molecular complexity index is 343. The van der Waals surface area contributed by atoms with Crippen molar-refractivity contribution in [3.05, 3.63) is 12.3 Å². The molecule has 0 radical (unpaired) electrons. The molecule has 2 heterocycles. The van der Waals surface area contributed by atoms with Gasteiger partial charge in [-0.15, -0.1) is 0 Å². The summed E-state index contributed by atoms with van der Waals surface area (Å²) in [7, 11) is 0. The molecular formula is C8H12N4O2. The SMILES string of the molecule is Nc1ccn(CC(=O)N2CC(O)C2)n1. The van der Waals surface area contributed by atoms with E-state index in [0.29, 0.717) is 18.9 Å². The normalized spacial score (nSPS) is 16.8. The van der Waals surface area contributed by atoms with Gasteiger partial charge >= 0.3 is 0 Å². The molecule has 0 spiro atoms. The van der Waals surface area contributed by atoms with Crippen molar-refractivity contribution >= 4 is 11.7 Å². The summed E-state index contributed by atoms with van der Waals surface area (Å²) in [6.07, 6.45) is 1.30. The molecule has 1 amide bonds. The smallest absolute Gasteiger partial charge is 0.244 e. The van der Waals surface area contributed by atoms with Crippen LogP contribution in [0.4, 0.5) is 5.82 Å². The number of carbonyl (C=O) groups excluding carboxylic acids is 1. The fourth-order valence-corrected chi connectivity index (χ4v) is 1.36. The third-order valence-corrected chi connectivity index (χ3v) is 2.17. The minimum atomic E-state index is -0.360. The molecule has 1 fully saturated rings. The molecular weight excluding hydrogens is 184 g/mol. The van der Waals surface area contributed by atoms with Crippen LogP contribution in [0, 0.1) is 0 Å². The molecule has 1 aromatic rings. The number of nitrogen functional groups attached to an aromatic ring is 1. The lowest BCUT2D eigenvalue weighted by Crippen LogP contribution is -2.54. The van der Waals surface area contributed by atoms with Crippen LogP contribution in [0.5, 0.6) is 0 Å². The van der Waals surface area contributed by atoms with Gasteiger partial charge in [0.2, 0.25) is 5.91 Å². The Morgan fingerprint density at radius 3 is 2.93 bits per heavy atom. The summed E-state index contributed by atoms with van der Waals surface area (Å²) in [5, 5.41) is 12.9. The zero-order valence-corrected chi connectivity index (χ0v) is 7.63. The number of aliphatic hydroxyl groups excluding tert-OH is 1. The number of rotatable bonds is 2. The van der Waals surface area contributed by atoms with E-state index in [1.807, 2.05) is 0 Å². The summed E-state index contributed by atoms with van der Waals surface area (Å²) in [6, 6.07) is 1.64. The number of carbonyl (C=O) groups is 1. The Balaban J connectivity index is 1.89. The van der Waals surface area contributed by atoms with Gasteiger partial charge in [-0.05, 0) is 6.07 Å². The lowest BCUT2D eigenvalue weighted by Gasteiger charge is -2.35.